The number of hydrogen-bond acceptors (Lipinski definition) is 11. The highest BCUT2D eigenvalue weighted by Crippen LogP contribution is 2.42. The summed E-state index contributed by atoms with van der Waals surface area (Å²) in [7, 11) is 0. The van der Waals surface area contributed by atoms with E-state index in [1.165, 1.54) is 0 Å². The zero-order valence-corrected chi connectivity index (χ0v) is 30.0. The van der Waals surface area contributed by atoms with Gasteiger partial charge in [0.15, 0.2) is 0 Å². The van der Waals surface area contributed by atoms with Crippen LogP contribution >= 0.6 is 0 Å². The average Bonchev–Trinajstić information content (AvgIpc) is 3.52. The zero-order valence-electron chi connectivity index (χ0n) is 30.0. The summed E-state index contributed by atoms with van der Waals surface area (Å²) in [5.74, 6) is -1.29. The lowest BCUT2D eigenvalue weighted by Gasteiger charge is -2.35. The lowest BCUT2D eigenvalue weighted by atomic mass is 9.85. The molecular weight excluding hydrogens is 682 g/mol. The third-order valence-corrected chi connectivity index (χ3v) is 9.87. The number of aromatic hydroxyl groups is 1. The number of rotatable bonds is 13. The number of carbonyl (C=O) groups is 4. The highest BCUT2D eigenvalue weighted by atomic mass is 16.7. The Morgan fingerprint density at radius 3 is 2.53 bits per heavy atom. The number of nitrogens with one attached hydrogen (secondary N) is 2. The van der Waals surface area contributed by atoms with Crippen molar-refractivity contribution in [3.05, 3.63) is 86.7 Å². The first-order valence-electron chi connectivity index (χ1n) is 17.9. The number of pyridine rings is 2. The lowest BCUT2D eigenvalue weighted by Crippen LogP contribution is -2.47. The van der Waals surface area contributed by atoms with Gasteiger partial charge < -0.3 is 40.3 Å². The van der Waals surface area contributed by atoms with E-state index in [0.717, 1.165) is 22.9 Å². The summed E-state index contributed by atoms with van der Waals surface area (Å²) in [6, 6.07) is 12.5. The molecule has 0 unspecified atom stereocenters. The maximum absolute atomic E-state index is 14.0. The van der Waals surface area contributed by atoms with Crippen LogP contribution in [0.5, 0.6) is 5.75 Å². The van der Waals surface area contributed by atoms with Crippen LogP contribution in [0.25, 0.3) is 22.3 Å². The van der Waals surface area contributed by atoms with Crippen LogP contribution in [0.1, 0.15) is 80.7 Å². The number of cyclic esters (lactones) is 1. The Bertz CT molecular complexity index is 2150. The van der Waals surface area contributed by atoms with Gasteiger partial charge >= 0.3 is 12.1 Å². The summed E-state index contributed by atoms with van der Waals surface area (Å²) < 4.78 is 18.2. The number of phenolic OH excluding ortho intramolecular Hbond substituents is 1. The molecule has 5 N–H and O–H groups in total. The molecule has 2 aliphatic heterocycles. The quantitative estimate of drug-likeness (QED) is 0.0971. The summed E-state index contributed by atoms with van der Waals surface area (Å²) in [4.78, 5) is 70.4. The molecule has 0 fully saturated rings. The van der Waals surface area contributed by atoms with Crippen LogP contribution in [-0.4, -0.2) is 51.2 Å². The molecule has 0 saturated heterocycles. The van der Waals surface area contributed by atoms with E-state index in [-0.39, 0.29) is 66.9 Å². The normalized spacial score (nSPS) is 16.2. The van der Waals surface area contributed by atoms with E-state index >= 15 is 0 Å². The van der Waals surface area contributed by atoms with Crippen LogP contribution in [0.2, 0.25) is 0 Å². The summed E-state index contributed by atoms with van der Waals surface area (Å²) >= 11 is 0. The Balaban J connectivity index is 1.19. The molecule has 4 heterocycles. The fourth-order valence-corrected chi connectivity index (χ4v) is 7.00. The van der Waals surface area contributed by atoms with Gasteiger partial charge in [0.05, 0.1) is 29.0 Å². The molecule has 53 heavy (non-hydrogen) atoms. The van der Waals surface area contributed by atoms with E-state index in [2.05, 4.69) is 10.6 Å². The Morgan fingerprint density at radius 2 is 1.83 bits per heavy atom. The van der Waals surface area contributed by atoms with Crippen molar-refractivity contribution in [3.63, 3.8) is 0 Å². The first kappa shape index (κ1) is 37.0. The lowest BCUT2D eigenvalue weighted by molar-refractivity contribution is -0.175. The molecule has 0 bridgehead atoms. The number of unbranched alkanes of at least 4 members (excludes halogenated alkanes) is 1. The monoisotopic (exact) mass is 725 g/mol. The Kier molecular flexibility index (Phi) is 10.8. The Labute approximate surface area is 305 Å². The number of esters is 1. The molecule has 2 aromatic heterocycles. The molecular formula is C39H43N5O9. The van der Waals surface area contributed by atoms with Gasteiger partial charge in [0, 0.05) is 28.6 Å². The number of fused-ring (bicyclic) bond motifs is 5. The number of carbonyl (C=O) groups excluding carboxylic acids is 4. The molecule has 2 aliphatic rings. The topological polar surface area (TPSA) is 201 Å². The van der Waals surface area contributed by atoms with Gasteiger partial charge in [0.2, 0.25) is 17.4 Å². The predicted octanol–water partition coefficient (Wildman–Crippen LogP) is 4.67. The SMILES string of the molecule is CCC(=O)N[C@@H](CCCCN)C(=O)Nc1ccc(COC(=O)O[C@]2(CC)C(=O)OCc3c2cc2n(c3=O)Cc3c-2nc2ccc(O)cc2c3CC)cc1. The van der Waals surface area contributed by atoms with Crippen LogP contribution in [0, 0.1) is 0 Å². The standard InChI is InChI=1S/C39H43N5O9/c1-4-25-26-17-24(45)14-15-30(26)43-34-27(25)19-44-32(34)18-29-28(36(44)48)21-51-37(49)39(29,6-3)53-38(50)52-20-22-10-12-23(13-11-22)41-35(47)31(9-7-8-16-40)42-33(46)5-2/h10-15,17-18,31,45H,4-9,16,19-21,40H2,1-3H3,(H,41,47)(H,42,46)/t31-,39-/m0/s1. The van der Waals surface area contributed by atoms with Crippen LogP contribution in [0.4, 0.5) is 10.5 Å². The van der Waals surface area contributed by atoms with Crippen molar-refractivity contribution in [2.24, 2.45) is 5.73 Å². The minimum atomic E-state index is -1.94. The first-order valence-corrected chi connectivity index (χ1v) is 17.9. The third kappa shape index (κ3) is 7.18. The van der Waals surface area contributed by atoms with Gasteiger partial charge in [-0.15, -0.1) is 0 Å². The van der Waals surface area contributed by atoms with Gasteiger partial charge in [-0.1, -0.05) is 32.9 Å². The van der Waals surface area contributed by atoms with Crippen LogP contribution in [-0.2, 0) is 60.4 Å². The minimum Gasteiger partial charge on any atom is -0.508 e. The maximum Gasteiger partial charge on any atom is 0.510 e. The molecule has 6 rings (SSSR count). The first-order chi connectivity index (χ1) is 25.5. The predicted molar refractivity (Wildman–Crippen MR) is 195 cm³/mol. The van der Waals surface area contributed by atoms with Crippen molar-refractivity contribution in [1.29, 1.82) is 0 Å². The van der Waals surface area contributed by atoms with Crippen LogP contribution in [0.3, 0.4) is 0 Å². The number of anilines is 1. The number of nitrogens with two attached hydrogens (primary N) is 1. The molecule has 2 aromatic carbocycles. The van der Waals surface area contributed by atoms with Gasteiger partial charge in [-0.25, -0.2) is 14.6 Å². The van der Waals surface area contributed by atoms with Crippen LogP contribution < -0.4 is 21.9 Å². The summed E-state index contributed by atoms with van der Waals surface area (Å²) in [6.45, 7) is 5.61. The Morgan fingerprint density at radius 1 is 1.06 bits per heavy atom. The molecule has 0 spiro atoms. The van der Waals surface area contributed by atoms with Gasteiger partial charge in [-0.3, -0.25) is 14.4 Å². The van der Waals surface area contributed by atoms with E-state index in [1.54, 1.807) is 66.9 Å². The van der Waals surface area contributed by atoms with Crippen LogP contribution in [0.15, 0.2) is 53.3 Å². The maximum atomic E-state index is 14.0. The zero-order chi connectivity index (χ0) is 37.9. The molecule has 278 valence electrons. The number of nitrogens with zero attached hydrogens (tertiary/aromatic N) is 2. The molecule has 4 aromatic rings. The number of hydrogen-bond donors (Lipinski definition) is 4. The smallest absolute Gasteiger partial charge is 0.508 e. The molecule has 2 atom stereocenters. The van der Waals surface area contributed by atoms with Crippen molar-refractivity contribution in [3.8, 4) is 17.1 Å². The van der Waals surface area contributed by atoms with Crippen molar-refractivity contribution < 1.29 is 38.5 Å². The second kappa shape index (κ2) is 15.5. The highest BCUT2D eigenvalue weighted by molar-refractivity contribution is 5.97. The fraction of sp³-hybridized carbons (Fsp3) is 0.385. The van der Waals surface area contributed by atoms with Crippen molar-refractivity contribution >= 4 is 40.5 Å². The number of amides is 2. The van der Waals surface area contributed by atoms with Crippen molar-refractivity contribution in [1.82, 2.24) is 14.9 Å². The molecule has 14 nitrogen and oxygen atoms in total. The van der Waals surface area contributed by atoms with Crippen molar-refractivity contribution in [2.75, 3.05) is 11.9 Å². The molecule has 14 heteroatoms. The molecule has 0 radical (unpaired) electrons. The largest absolute Gasteiger partial charge is 0.510 e. The van der Waals surface area contributed by atoms with E-state index < -0.39 is 23.8 Å². The van der Waals surface area contributed by atoms with E-state index in [4.69, 9.17) is 24.9 Å². The number of benzene rings is 2. The average molecular weight is 726 g/mol. The number of phenols is 1. The number of ether oxygens (including phenoxy) is 3. The molecule has 0 aliphatic carbocycles. The van der Waals surface area contributed by atoms with Gasteiger partial charge in [0.1, 0.15) is 25.0 Å². The Hall–Kier alpha value is -5.76. The van der Waals surface area contributed by atoms with E-state index in [1.807, 2.05) is 6.92 Å². The van der Waals surface area contributed by atoms with Gasteiger partial charge in [0.25, 0.3) is 5.56 Å². The molecule has 2 amide bonds. The second-order valence-corrected chi connectivity index (χ2v) is 13.1. The summed E-state index contributed by atoms with van der Waals surface area (Å²) in [5.41, 5.74) is 8.24. The summed E-state index contributed by atoms with van der Waals surface area (Å²) in [5, 5.41) is 16.5. The highest BCUT2D eigenvalue weighted by Gasteiger charge is 2.51. The van der Waals surface area contributed by atoms with Gasteiger partial charge in [-0.2, -0.15) is 0 Å². The summed E-state index contributed by atoms with van der Waals surface area (Å²) in [6.07, 6.45) is 1.57. The molecule has 0 saturated carbocycles. The number of aryl methyl sites for hydroxylation is 1. The number of aromatic nitrogens is 2. The van der Waals surface area contributed by atoms with Gasteiger partial charge in [-0.05, 0) is 86.2 Å². The van der Waals surface area contributed by atoms with E-state index in [9.17, 15) is 29.1 Å². The van der Waals surface area contributed by atoms with E-state index in [0.29, 0.717) is 54.0 Å². The van der Waals surface area contributed by atoms with Crippen molar-refractivity contribution in [2.45, 2.75) is 90.7 Å². The third-order valence-electron chi connectivity index (χ3n) is 9.87. The second-order valence-electron chi connectivity index (χ2n) is 13.1. The fourth-order valence-electron chi connectivity index (χ4n) is 7.00. The minimum absolute atomic E-state index is 0.0331.